The summed E-state index contributed by atoms with van der Waals surface area (Å²) in [6.45, 7) is 1.72. The molecular formula is C13H9NO2. The minimum Gasteiger partial charge on any atom is -0.421 e. The number of rotatable bonds is 1. The molecule has 3 heteroatoms. The first-order valence-electron chi connectivity index (χ1n) is 4.82. The van der Waals surface area contributed by atoms with Crippen LogP contribution in [0.1, 0.15) is 11.1 Å². The average Bonchev–Trinajstić information content (AvgIpc) is 2.29. The van der Waals surface area contributed by atoms with Crippen molar-refractivity contribution in [2.75, 3.05) is 0 Å². The smallest absolute Gasteiger partial charge is 0.336 e. The summed E-state index contributed by atoms with van der Waals surface area (Å²) in [5.41, 5.74) is 1.35. The van der Waals surface area contributed by atoms with Gasteiger partial charge in [-0.1, -0.05) is 30.3 Å². The summed E-state index contributed by atoms with van der Waals surface area (Å²) in [6, 6.07) is 12.5. The maximum absolute atomic E-state index is 11.3. The monoisotopic (exact) mass is 211 g/mol. The molecule has 2 aromatic rings. The van der Waals surface area contributed by atoms with Crippen LogP contribution in [0.15, 0.2) is 45.6 Å². The molecular weight excluding hydrogens is 202 g/mol. The van der Waals surface area contributed by atoms with Gasteiger partial charge in [-0.2, -0.15) is 5.26 Å². The minimum atomic E-state index is -0.435. The zero-order chi connectivity index (χ0) is 11.5. The number of nitriles is 1. The van der Waals surface area contributed by atoms with Crippen molar-refractivity contribution >= 4 is 0 Å². The topological polar surface area (TPSA) is 54.0 Å². The molecule has 1 aromatic carbocycles. The third-order valence-electron chi connectivity index (χ3n) is 2.31. The van der Waals surface area contributed by atoms with E-state index < -0.39 is 5.63 Å². The molecule has 0 radical (unpaired) electrons. The molecule has 16 heavy (non-hydrogen) atoms. The van der Waals surface area contributed by atoms with Crippen LogP contribution in [-0.4, -0.2) is 0 Å². The molecule has 0 N–H and O–H groups in total. The summed E-state index contributed by atoms with van der Waals surface area (Å²) in [7, 11) is 0. The lowest BCUT2D eigenvalue weighted by Gasteiger charge is -2.03. The van der Waals surface area contributed by atoms with Crippen molar-refractivity contribution in [3.05, 3.63) is 57.9 Å². The molecule has 2 rings (SSSR count). The first-order valence-corrected chi connectivity index (χ1v) is 4.82. The summed E-state index contributed by atoms with van der Waals surface area (Å²) >= 11 is 0. The van der Waals surface area contributed by atoms with Crippen molar-refractivity contribution in [2.24, 2.45) is 0 Å². The summed E-state index contributed by atoms with van der Waals surface area (Å²) in [6.07, 6.45) is 0. The lowest BCUT2D eigenvalue weighted by atomic mass is 10.0. The molecule has 78 valence electrons. The molecule has 0 saturated carbocycles. The van der Waals surface area contributed by atoms with E-state index in [0.29, 0.717) is 16.9 Å². The molecule has 0 bridgehead atoms. The van der Waals surface area contributed by atoms with E-state index in [-0.39, 0.29) is 0 Å². The highest BCUT2D eigenvalue weighted by Gasteiger charge is 2.11. The summed E-state index contributed by atoms with van der Waals surface area (Å²) in [5.74, 6) is 0.341. The molecule has 1 heterocycles. The second kappa shape index (κ2) is 4.03. The van der Waals surface area contributed by atoms with Crippen LogP contribution in [0.5, 0.6) is 0 Å². The lowest BCUT2D eigenvalue weighted by molar-refractivity contribution is 0.523. The van der Waals surface area contributed by atoms with Gasteiger partial charge in [-0.25, -0.2) is 4.79 Å². The van der Waals surface area contributed by atoms with E-state index in [1.165, 1.54) is 6.07 Å². The molecule has 0 aliphatic carbocycles. The van der Waals surface area contributed by atoms with Crippen molar-refractivity contribution in [1.82, 2.24) is 0 Å². The van der Waals surface area contributed by atoms with E-state index in [1.807, 2.05) is 18.2 Å². The van der Waals surface area contributed by atoms with Crippen molar-refractivity contribution in [3.63, 3.8) is 0 Å². The van der Waals surface area contributed by atoms with E-state index in [9.17, 15) is 4.79 Å². The fourth-order valence-electron chi connectivity index (χ4n) is 1.54. The number of hydrogen-bond donors (Lipinski definition) is 0. The van der Waals surface area contributed by atoms with Crippen LogP contribution in [0.25, 0.3) is 11.3 Å². The maximum atomic E-state index is 11.3. The Morgan fingerprint density at radius 2 is 1.94 bits per heavy atom. The van der Waals surface area contributed by atoms with Crippen LogP contribution in [0.4, 0.5) is 0 Å². The Hall–Kier alpha value is -2.34. The second-order valence-corrected chi connectivity index (χ2v) is 3.43. The SMILES string of the molecule is Cc1cc(=O)oc(-c2ccccc2)c1C#N. The van der Waals surface area contributed by atoms with Crippen LogP contribution in [0.2, 0.25) is 0 Å². The Kier molecular flexibility index (Phi) is 2.57. The predicted molar refractivity (Wildman–Crippen MR) is 59.9 cm³/mol. The van der Waals surface area contributed by atoms with E-state index in [1.54, 1.807) is 19.1 Å². The zero-order valence-electron chi connectivity index (χ0n) is 8.73. The van der Waals surface area contributed by atoms with Crippen molar-refractivity contribution in [1.29, 1.82) is 5.26 Å². The number of nitrogens with zero attached hydrogens (tertiary/aromatic N) is 1. The Morgan fingerprint density at radius 1 is 1.25 bits per heavy atom. The first-order chi connectivity index (χ1) is 7.72. The molecule has 0 fully saturated rings. The highest BCUT2D eigenvalue weighted by molar-refractivity contribution is 5.65. The van der Waals surface area contributed by atoms with Gasteiger partial charge < -0.3 is 4.42 Å². The maximum Gasteiger partial charge on any atom is 0.336 e. The minimum absolute atomic E-state index is 0.341. The normalized spacial score (nSPS) is 9.75. The zero-order valence-corrected chi connectivity index (χ0v) is 8.73. The van der Waals surface area contributed by atoms with E-state index in [0.717, 1.165) is 5.56 Å². The van der Waals surface area contributed by atoms with E-state index in [2.05, 4.69) is 6.07 Å². The Morgan fingerprint density at radius 3 is 2.56 bits per heavy atom. The molecule has 0 aliphatic rings. The Labute approximate surface area is 92.6 Å². The largest absolute Gasteiger partial charge is 0.421 e. The highest BCUT2D eigenvalue weighted by Crippen LogP contribution is 2.23. The van der Waals surface area contributed by atoms with Crippen molar-refractivity contribution < 1.29 is 4.42 Å². The lowest BCUT2D eigenvalue weighted by Crippen LogP contribution is -2.02. The Balaban J connectivity index is 2.75. The highest BCUT2D eigenvalue weighted by atomic mass is 16.4. The standard InChI is InChI=1S/C13H9NO2/c1-9-7-12(15)16-13(11(9)8-14)10-5-3-2-4-6-10/h2-7H,1H3. The number of aryl methyl sites for hydroxylation is 1. The average molecular weight is 211 g/mol. The van der Waals surface area contributed by atoms with Gasteiger partial charge in [0.2, 0.25) is 0 Å². The number of benzene rings is 1. The van der Waals surface area contributed by atoms with Gasteiger partial charge in [0.05, 0.1) is 5.56 Å². The first kappa shape index (κ1) is 10.2. The fourth-order valence-corrected chi connectivity index (χ4v) is 1.54. The second-order valence-electron chi connectivity index (χ2n) is 3.43. The van der Waals surface area contributed by atoms with Gasteiger partial charge in [0.1, 0.15) is 6.07 Å². The van der Waals surface area contributed by atoms with Gasteiger partial charge in [0.15, 0.2) is 5.76 Å². The van der Waals surface area contributed by atoms with Gasteiger partial charge in [-0.15, -0.1) is 0 Å². The van der Waals surface area contributed by atoms with Crippen LogP contribution in [0.3, 0.4) is 0 Å². The molecule has 0 atom stereocenters. The molecule has 0 aliphatic heterocycles. The van der Waals surface area contributed by atoms with Gasteiger partial charge in [0.25, 0.3) is 0 Å². The molecule has 3 nitrogen and oxygen atoms in total. The molecule has 0 amide bonds. The van der Waals surface area contributed by atoms with Gasteiger partial charge in [0, 0.05) is 11.6 Å². The van der Waals surface area contributed by atoms with Crippen molar-refractivity contribution in [2.45, 2.75) is 6.92 Å². The summed E-state index contributed by atoms with van der Waals surface area (Å²) in [4.78, 5) is 11.3. The van der Waals surface area contributed by atoms with Gasteiger partial charge >= 0.3 is 5.63 Å². The number of hydrogen-bond acceptors (Lipinski definition) is 3. The molecule has 1 aromatic heterocycles. The van der Waals surface area contributed by atoms with Crippen LogP contribution in [0, 0.1) is 18.3 Å². The Bertz CT molecular complexity index is 606. The third kappa shape index (κ3) is 1.73. The summed E-state index contributed by atoms with van der Waals surface area (Å²) < 4.78 is 5.09. The molecule has 0 unspecified atom stereocenters. The quantitative estimate of drug-likeness (QED) is 0.728. The molecule has 0 spiro atoms. The van der Waals surface area contributed by atoms with Gasteiger partial charge in [-0.05, 0) is 12.5 Å². The fraction of sp³-hybridized carbons (Fsp3) is 0.0769. The van der Waals surface area contributed by atoms with Gasteiger partial charge in [-0.3, -0.25) is 0 Å². The molecule has 0 saturated heterocycles. The van der Waals surface area contributed by atoms with Crippen LogP contribution in [-0.2, 0) is 0 Å². The summed E-state index contributed by atoms with van der Waals surface area (Å²) in [5, 5.41) is 9.04. The van der Waals surface area contributed by atoms with E-state index >= 15 is 0 Å². The predicted octanol–water partition coefficient (Wildman–Crippen LogP) is 2.49. The van der Waals surface area contributed by atoms with Crippen molar-refractivity contribution in [3.8, 4) is 17.4 Å². The van der Waals surface area contributed by atoms with Crippen LogP contribution >= 0.6 is 0 Å². The van der Waals surface area contributed by atoms with Crippen LogP contribution < -0.4 is 5.63 Å². The van der Waals surface area contributed by atoms with E-state index in [4.69, 9.17) is 9.68 Å². The third-order valence-corrected chi connectivity index (χ3v) is 2.31.